The summed E-state index contributed by atoms with van der Waals surface area (Å²) in [6, 6.07) is 20.9. The molecule has 170 valence electrons. The molecule has 1 aliphatic heterocycles. The molecule has 1 aromatic heterocycles. The number of imide groups is 1. The van der Waals surface area contributed by atoms with Crippen molar-refractivity contribution >= 4 is 68.8 Å². The normalized spacial score (nSPS) is 15.1. The lowest BCUT2D eigenvalue weighted by atomic mass is 10.1. The number of carbonyl (C=O) groups excluding carboxylic acids is 2. The van der Waals surface area contributed by atoms with E-state index in [0.717, 1.165) is 45.1 Å². The molecule has 0 aliphatic carbocycles. The Balaban J connectivity index is 1.58. The van der Waals surface area contributed by atoms with Crippen molar-refractivity contribution < 1.29 is 9.59 Å². The average molecular weight is 507 g/mol. The zero-order chi connectivity index (χ0) is 23.8. The minimum absolute atomic E-state index is 0.358. The number of thioether (sulfide) groups is 1. The standard InChI is InChI=1S/C27H20Cl2N2O2S/c1-2-18-6-5-7-21-19(16-30(25(18)21)15-17-10-12-20(28)13-11-17)14-24-26(32)31(27(33)34-24)23-9-4-3-8-22(23)29/h3-14,16H,2,15H2,1H3/b24-14-. The van der Waals surface area contributed by atoms with E-state index in [1.807, 2.05) is 42.6 Å². The predicted molar refractivity (Wildman–Crippen MR) is 142 cm³/mol. The maximum Gasteiger partial charge on any atom is 0.298 e. The fraction of sp³-hybridized carbons (Fsp3) is 0.111. The van der Waals surface area contributed by atoms with Crippen LogP contribution in [0.4, 0.5) is 10.5 Å². The molecule has 1 fully saturated rings. The first-order chi connectivity index (χ1) is 16.5. The van der Waals surface area contributed by atoms with Crippen LogP contribution in [-0.2, 0) is 17.8 Å². The van der Waals surface area contributed by atoms with Crippen LogP contribution in [0, 0.1) is 0 Å². The van der Waals surface area contributed by atoms with Crippen molar-refractivity contribution in [3.8, 4) is 0 Å². The molecule has 0 bridgehead atoms. The summed E-state index contributed by atoms with van der Waals surface area (Å²) >= 11 is 13.2. The van der Waals surface area contributed by atoms with Gasteiger partial charge in [0.15, 0.2) is 0 Å². The van der Waals surface area contributed by atoms with E-state index in [-0.39, 0.29) is 11.1 Å². The maximum absolute atomic E-state index is 13.2. The highest BCUT2D eigenvalue weighted by molar-refractivity contribution is 8.19. The number of anilines is 1. The topological polar surface area (TPSA) is 42.3 Å². The molecule has 2 amide bonds. The van der Waals surface area contributed by atoms with Crippen molar-refractivity contribution in [2.24, 2.45) is 0 Å². The van der Waals surface area contributed by atoms with Crippen LogP contribution in [0.2, 0.25) is 10.0 Å². The zero-order valence-corrected chi connectivity index (χ0v) is 20.6. The van der Waals surface area contributed by atoms with Crippen LogP contribution in [-0.4, -0.2) is 15.7 Å². The van der Waals surface area contributed by atoms with E-state index in [9.17, 15) is 9.59 Å². The summed E-state index contributed by atoms with van der Waals surface area (Å²) < 4.78 is 2.20. The first-order valence-corrected chi connectivity index (χ1v) is 12.4. The monoisotopic (exact) mass is 506 g/mol. The summed E-state index contributed by atoms with van der Waals surface area (Å²) in [6.45, 7) is 2.79. The molecule has 1 aliphatic rings. The number of hydrogen-bond donors (Lipinski definition) is 0. The summed E-state index contributed by atoms with van der Waals surface area (Å²) in [5.74, 6) is -0.367. The summed E-state index contributed by atoms with van der Waals surface area (Å²) in [5, 5.41) is 1.74. The fourth-order valence-corrected chi connectivity index (χ4v) is 5.40. The Labute approximate surface area is 211 Å². The van der Waals surface area contributed by atoms with Gasteiger partial charge in [-0.05, 0) is 59.7 Å². The Hall–Kier alpha value is -2.99. The number of fused-ring (bicyclic) bond motifs is 1. The lowest BCUT2D eigenvalue weighted by molar-refractivity contribution is -0.113. The summed E-state index contributed by atoms with van der Waals surface area (Å²) in [5.41, 5.74) is 4.75. The third-order valence-corrected chi connectivity index (χ3v) is 7.27. The second kappa shape index (κ2) is 9.34. The number of rotatable bonds is 5. The van der Waals surface area contributed by atoms with Gasteiger partial charge in [0.2, 0.25) is 0 Å². The fourth-order valence-electron chi connectivity index (χ4n) is 4.23. The maximum atomic E-state index is 13.2. The van der Waals surface area contributed by atoms with Gasteiger partial charge >= 0.3 is 0 Å². The van der Waals surface area contributed by atoms with E-state index in [4.69, 9.17) is 23.2 Å². The molecule has 1 saturated heterocycles. The molecule has 5 rings (SSSR count). The van der Waals surface area contributed by atoms with Crippen molar-refractivity contribution in [2.75, 3.05) is 4.90 Å². The lowest BCUT2D eigenvalue weighted by Crippen LogP contribution is -2.27. The second-order valence-corrected chi connectivity index (χ2v) is 9.81. The van der Waals surface area contributed by atoms with Crippen LogP contribution in [0.3, 0.4) is 0 Å². The van der Waals surface area contributed by atoms with Gasteiger partial charge in [-0.15, -0.1) is 0 Å². The van der Waals surface area contributed by atoms with Crippen molar-refractivity contribution in [2.45, 2.75) is 19.9 Å². The Morgan fingerprint density at radius 3 is 2.44 bits per heavy atom. The number of para-hydroxylation sites is 2. The second-order valence-electron chi connectivity index (χ2n) is 7.97. The summed E-state index contributed by atoms with van der Waals surface area (Å²) in [6.07, 6.45) is 4.73. The van der Waals surface area contributed by atoms with E-state index in [1.165, 1.54) is 5.56 Å². The predicted octanol–water partition coefficient (Wildman–Crippen LogP) is 7.80. The van der Waals surface area contributed by atoms with Gasteiger partial charge in [0.1, 0.15) is 0 Å². The largest absolute Gasteiger partial charge is 0.342 e. The molecule has 0 saturated carbocycles. The highest BCUT2D eigenvalue weighted by Gasteiger charge is 2.37. The molecule has 34 heavy (non-hydrogen) atoms. The SMILES string of the molecule is CCc1cccc2c(/C=C3\SC(=O)N(c4ccccc4Cl)C3=O)cn(Cc3ccc(Cl)cc3)c12. The summed E-state index contributed by atoms with van der Waals surface area (Å²) in [7, 11) is 0. The van der Waals surface area contributed by atoms with Crippen molar-refractivity contribution in [1.29, 1.82) is 0 Å². The van der Waals surface area contributed by atoms with Crippen LogP contribution >= 0.6 is 35.0 Å². The molecule has 0 N–H and O–H groups in total. The van der Waals surface area contributed by atoms with E-state index in [1.54, 1.807) is 24.3 Å². The lowest BCUT2D eigenvalue weighted by Gasteiger charge is -2.13. The molecule has 0 radical (unpaired) electrons. The van der Waals surface area contributed by atoms with Gasteiger partial charge in [-0.2, -0.15) is 0 Å². The number of halogens is 2. The smallest absolute Gasteiger partial charge is 0.298 e. The molecule has 4 nitrogen and oxygen atoms in total. The van der Waals surface area contributed by atoms with Crippen molar-refractivity contribution in [3.63, 3.8) is 0 Å². The third kappa shape index (κ3) is 4.16. The van der Waals surface area contributed by atoms with E-state index < -0.39 is 0 Å². The highest BCUT2D eigenvalue weighted by atomic mass is 35.5. The Morgan fingerprint density at radius 1 is 0.941 bits per heavy atom. The zero-order valence-electron chi connectivity index (χ0n) is 18.3. The van der Waals surface area contributed by atoms with Gasteiger partial charge in [-0.1, -0.05) is 72.6 Å². The number of aryl methyl sites for hydroxylation is 1. The number of aromatic nitrogens is 1. The molecule has 4 aromatic rings. The van der Waals surface area contributed by atoms with Gasteiger partial charge in [-0.25, -0.2) is 4.90 Å². The van der Waals surface area contributed by atoms with Gasteiger partial charge in [-0.3, -0.25) is 9.59 Å². The van der Waals surface area contributed by atoms with Crippen LogP contribution in [0.1, 0.15) is 23.6 Å². The molecule has 7 heteroatoms. The van der Waals surface area contributed by atoms with Gasteiger partial charge in [0.25, 0.3) is 11.1 Å². The first-order valence-electron chi connectivity index (χ1n) is 10.8. The molecule has 2 heterocycles. The quantitative estimate of drug-likeness (QED) is 0.259. The van der Waals surface area contributed by atoms with E-state index >= 15 is 0 Å². The molecular formula is C27H20Cl2N2O2S. The van der Waals surface area contributed by atoms with E-state index in [2.05, 4.69) is 23.6 Å². The van der Waals surface area contributed by atoms with Crippen molar-refractivity contribution in [1.82, 2.24) is 4.57 Å². The van der Waals surface area contributed by atoms with Gasteiger partial charge < -0.3 is 4.57 Å². The van der Waals surface area contributed by atoms with Crippen LogP contribution in [0.25, 0.3) is 17.0 Å². The molecule has 0 atom stereocenters. The van der Waals surface area contributed by atoms with Gasteiger partial charge in [0.05, 0.1) is 21.1 Å². The minimum Gasteiger partial charge on any atom is -0.342 e. The number of amides is 2. The highest BCUT2D eigenvalue weighted by Crippen LogP contribution is 2.39. The first kappa shape index (κ1) is 22.8. The molecule has 0 spiro atoms. The molecule has 0 unspecified atom stereocenters. The van der Waals surface area contributed by atoms with Crippen molar-refractivity contribution in [3.05, 3.63) is 105 Å². The van der Waals surface area contributed by atoms with Crippen LogP contribution in [0.5, 0.6) is 0 Å². The number of benzene rings is 3. The number of carbonyl (C=O) groups is 2. The average Bonchev–Trinajstić information content (AvgIpc) is 3.32. The summed E-state index contributed by atoms with van der Waals surface area (Å²) in [4.78, 5) is 27.4. The number of nitrogens with zero attached hydrogens (tertiary/aromatic N) is 2. The molecular weight excluding hydrogens is 487 g/mol. The van der Waals surface area contributed by atoms with E-state index in [0.29, 0.717) is 27.2 Å². The van der Waals surface area contributed by atoms with Crippen LogP contribution in [0.15, 0.2) is 77.8 Å². The third-order valence-electron chi connectivity index (χ3n) is 5.83. The minimum atomic E-state index is -0.367. The van der Waals surface area contributed by atoms with Gasteiger partial charge in [0, 0.05) is 28.7 Å². The van der Waals surface area contributed by atoms with Crippen LogP contribution < -0.4 is 4.90 Å². The Kier molecular flexibility index (Phi) is 6.26. The Bertz CT molecular complexity index is 1460. The molecule has 3 aromatic carbocycles. The number of hydrogen-bond acceptors (Lipinski definition) is 3. The Morgan fingerprint density at radius 2 is 1.71 bits per heavy atom.